The first-order valence-electron chi connectivity index (χ1n) is 9.35. The Kier molecular flexibility index (Phi) is 5.76. The van der Waals surface area contributed by atoms with Gasteiger partial charge in [0, 0.05) is 32.0 Å². The Balaban J connectivity index is 1.81. The van der Waals surface area contributed by atoms with E-state index >= 15 is 0 Å². The number of carboxylic acid groups (broad SMARTS) is 1. The molecule has 2 heterocycles. The minimum absolute atomic E-state index is 0.0853. The maximum Gasteiger partial charge on any atom is 0.357 e. The second-order valence-corrected chi connectivity index (χ2v) is 6.88. The summed E-state index contributed by atoms with van der Waals surface area (Å²) in [6.45, 7) is 2.39. The number of nitrogens with zero attached hydrogens (tertiary/aromatic N) is 4. The van der Waals surface area contributed by atoms with Crippen LogP contribution in [0.1, 0.15) is 70.4 Å². The van der Waals surface area contributed by atoms with E-state index in [1.165, 1.54) is 24.3 Å². The highest BCUT2D eigenvalue weighted by molar-refractivity contribution is 6.12. The fourth-order valence-corrected chi connectivity index (χ4v) is 3.35. The van der Waals surface area contributed by atoms with E-state index in [2.05, 4.69) is 20.8 Å². The molecule has 28 heavy (non-hydrogen) atoms. The Morgan fingerprint density at radius 1 is 1.11 bits per heavy atom. The molecule has 3 N–H and O–H groups in total. The molecule has 0 unspecified atom stereocenters. The Morgan fingerprint density at radius 3 is 2.46 bits per heavy atom. The molecule has 1 aliphatic carbocycles. The van der Waals surface area contributed by atoms with Crippen LogP contribution < -0.4 is 10.6 Å². The van der Waals surface area contributed by atoms with Crippen molar-refractivity contribution >= 4 is 23.5 Å². The molecule has 2 amide bonds. The van der Waals surface area contributed by atoms with Crippen LogP contribution in [0.2, 0.25) is 0 Å². The van der Waals surface area contributed by atoms with Crippen molar-refractivity contribution in [2.75, 3.05) is 5.32 Å². The Bertz CT molecular complexity index is 894. The molecular weight excluding hydrogens is 364 g/mol. The number of aromatic nitrogens is 4. The van der Waals surface area contributed by atoms with Crippen LogP contribution in [0.5, 0.6) is 0 Å². The molecule has 0 aliphatic heterocycles. The lowest BCUT2D eigenvalue weighted by Gasteiger charge is -2.22. The zero-order valence-corrected chi connectivity index (χ0v) is 15.9. The van der Waals surface area contributed by atoms with E-state index in [0.29, 0.717) is 6.54 Å². The quantitative estimate of drug-likeness (QED) is 0.689. The summed E-state index contributed by atoms with van der Waals surface area (Å²) in [4.78, 5) is 36.6. The van der Waals surface area contributed by atoms with Gasteiger partial charge in [-0.25, -0.2) is 4.79 Å². The molecule has 1 aliphatic rings. The van der Waals surface area contributed by atoms with Crippen LogP contribution in [-0.4, -0.2) is 48.5 Å². The lowest BCUT2D eigenvalue weighted by atomic mass is 9.95. The van der Waals surface area contributed by atoms with Crippen molar-refractivity contribution < 1.29 is 19.5 Å². The van der Waals surface area contributed by atoms with Gasteiger partial charge in [0.15, 0.2) is 11.4 Å². The zero-order chi connectivity index (χ0) is 20.3. The van der Waals surface area contributed by atoms with Gasteiger partial charge in [0.1, 0.15) is 0 Å². The molecule has 1 saturated carbocycles. The highest BCUT2D eigenvalue weighted by Crippen LogP contribution is 2.20. The number of aromatic carboxylic acids is 1. The second-order valence-electron chi connectivity index (χ2n) is 6.88. The number of hydrogen-bond donors (Lipinski definition) is 3. The minimum Gasteiger partial charge on any atom is -0.476 e. The Hall–Kier alpha value is -3.17. The molecule has 0 radical (unpaired) electrons. The topological polar surface area (TPSA) is 131 Å². The first-order valence-corrected chi connectivity index (χ1v) is 9.35. The van der Waals surface area contributed by atoms with Gasteiger partial charge >= 0.3 is 5.97 Å². The van der Waals surface area contributed by atoms with E-state index in [1.54, 1.807) is 10.9 Å². The largest absolute Gasteiger partial charge is 0.476 e. The fourth-order valence-electron chi connectivity index (χ4n) is 3.35. The average Bonchev–Trinajstić information content (AvgIpc) is 3.26. The smallest absolute Gasteiger partial charge is 0.357 e. The summed E-state index contributed by atoms with van der Waals surface area (Å²) in [7, 11) is 1.53. The second kappa shape index (κ2) is 8.24. The number of carboxylic acids is 1. The normalized spacial score (nSPS) is 14.6. The van der Waals surface area contributed by atoms with Gasteiger partial charge in [-0.2, -0.15) is 10.2 Å². The summed E-state index contributed by atoms with van der Waals surface area (Å²) in [5.74, 6) is -2.31. The summed E-state index contributed by atoms with van der Waals surface area (Å²) in [6, 6.07) is 0.105. The van der Waals surface area contributed by atoms with E-state index in [1.807, 2.05) is 6.92 Å². The Morgan fingerprint density at radius 2 is 1.82 bits per heavy atom. The highest BCUT2D eigenvalue weighted by atomic mass is 16.4. The predicted molar refractivity (Wildman–Crippen MR) is 100 cm³/mol. The number of aryl methyl sites for hydroxylation is 2. The van der Waals surface area contributed by atoms with Crippen molar-refractivity contribution in [1.82, 2.24) is 24.9 Å². The van der Waals surface area contributed by atoms with Crippen LogP contribution in [0, 0.1) is 0 Å². The number of carbonyl (C=O) groups excluding carboxylic acids is 2. The number of hydrogen-bond acceptors (Lipinski definition) is 5. The van der Waals surface area contributed by atoms with Gasteiger partial charge in [-0.05, 0) is 19.8 Å². The number of carbonyl (C=O) groups is 3. The van der Waals surface area contributed by atoms with Gasteiger partial charge in [0.25, 0.3) is 11.8 Å². The van der Waals surface area contributed by atoms with Crippen LogP contribution in [0.25, 0.3) is 0 Å². The summed E-state index contributed by atoms with van der Waals surface area (Å²) >= 11 is 0. The SMILES string of the molecule is CCn1cc(NC(=O)c2cn(C)nc2C(=O)O)c(C(=O)NC2CCCCC2)n1. The summed E-state index contributed by atoms with van der Waals surface area (Å²) in [5, 5.41) is 22.9. The van der Waals surface area contributed by atoms with E-state index in [9.17, 15) is 19.5 Å². The van der Waals surface area contributed by atoms with Crippen LogP contribution in [0.3, 0.4) is 0 Å². The van der Waals surface area contributed by atoms with Crippen LogP contribution in [-0.2, 0) is 13.6 Å². The molecule has 0 spiro atoms. The average molecular weight is 388 g/mol. The molecule has 0 saturated heterocycles. The number of rotatable bonds is 6. The molecular formula is C18H24N6O4. The van der Waals surface area contributed by atoms with Gasteiger partial charge in [-0.3, -0.25) is 19.0 Å². The monoisotopic (exact) mass is 388 g/mol. The van der Waals surface area contributed by atoms with Gasteiger partial charge in [0.2, 0.25) is 0 Å². The number of nitrogens with one attached hydrogen (secondary N) is 2. The molecule has 2 aromatic rings. The lowest BCUT2D eigenvalue weighted by molar-refractivity contribution is 0.0685. The number of anilines is 1. The Labute approximate surface area is 161 Å². The van der Waals surface area contributed by atoms with E-state index in [-0.39, 0.29) is 34.6 Å². The van der Waals surface area contributed by atoms with Gasteiger partial charge < -0.3 is 15.7 Å². The lowest BCUT2D eigenvalue weighted by Crippen LogP contribution is -2.36. The van der Waals surface area contributed by atoms with E-state index < -0.39 is 11.9 Å². The summed E-state index contributed by atoms with van der Waals surface area (Å²) in [5.41, 5.74) is -0.0872. The maximum atomic E-state index is 12.7. The maximum absolute atomic E-state index is 12.7. The first kappa shape index (κ1) is 19.6. The van der Waals surface area contributed by atoms with Gasteiger partial charge in [-0.15, -0.1) is 0 Å². The third-order valence-electron chi connectivity index (χ3n) is 4.77. The first-order chi connectivity index (χ1) is 13.4. The van der Waals surface area contributed by atoms with Crippen LogP contribution >= 0.6 is 0 Å². The fraction of sp³-hybridized carbons (Fsp3) is 0.500. The molecule has 150 valence electrons. The third-order valence-corrected chi connectivity index (χ3v) is 4.77. The molecule has 0 atom stereocenters. The van der Waals surface area contributed by atoms with Crippen LogP contribution in [0.15, 0.2) is 12.4 Å². The van der Waals surface area contributed by atoms with Crippen molar-refractivity contribution in [3.05, 3.63) is 29.3 Å². The number of amides is 2. The van der Waals surface area contributed by atoms with Gasteiger partial charge in [0.05, 0.1) is 11.3 Å². The zero-order valence-electron chi connectivity index (χ0n) is 15.9. The van der Waals surface area contributed by atoms with E-state index in [0.717, 1.165) is 25.7 Å². The highest BCUT2D eigenvalue weighted by Gasteiger charge is 2.25. The summed E-state index contributed by atoms with van der Waals surface area (Å²) in [6.07, 6.45) is 8.08. The molecule has 10 nitrogen and oxygen atoms in total. The molecule has 3 rings (SSSR count). The van der Waals surface area contributed by atoms with E-state index in [4.69, 9.17) is 0 Å². The minimum atomic E-state index is -1.30. The summed E-state index contributed by atoms with van der Waals surface area (Å²) < 4.78 is 2.80. The molecule has 1 fully saturated rings. The van der Waals surface area contributed by atoms with Crippen molar-refractivity contribution in [2.45, 2.75) is 51.6 Å². The molecule has 0 bridgehead atoms. The van der Waals surface area contributed by atoms with Crippen molar-refractivity contribution in [3.8, 4) is 0 Å². The molecule has 10 heteroatoms. The molecule has 0 aromatic carbocycles. The van der Waals surface area contributed by atoms with Crippen molar-refractivity contribution in [1.29, 1.82) is 0 Å². The standard InChI is InChI=1S/C18H24N6O4/c1-3-24-10-13(15(22-24)17(26)19-11-7-5-4-6-8-11)20-16(25)12-9-23(2)21-14(12)18(27)28/h9-11H,3-8H2,1-2H3,(H,19,26)(H,20,25)(H,27,28). The van der Waals surface area contributed by atoms with Gasteiger partial charge in [-0.1, -0.05) is 19.3 Å². The van der Waals surface area contributed by atoms with Crippen molar-refractivity contribution in [2.24, 2.45) is 7.05 Å². The predicted octanol–water partition coefficient (Wildman–Crippen LogP) is 1.65. The third kappa shape index (κ3) is 4.21. The van der Waals surface area contributed by atoms with Crippen molar-refractivity contribution in [3.63, 3.8) is 0 Å². The van der Waals surface area contributed by atoms with Crippen LogP contribution in [0.4, 0.5) is 5.69 Å². The molecule has 2 aromatic heterocycles.